The van der Waals surface area contributed by atoms with Gasteiger partial charge in [0, 0.05) is 150 Å². The first-order valence-electron chi connectivity index (χ1n) is 43.8. The van der Waals surface area contributed by atoms with Gasteiger partial charge in [0.05, 0.1) is 11.4 Å². The second-order valence-corrected chi connectivity index (χ2v) is 45.1. The van der Waals surface area contributed by atoms with E-state index in [9.17, 15) is 20.8 Å². The number of hydrogen-bond acceptors (Lipinski definition) is 14. The van der Waals surface area contributed by atoms with Crippen molar-refractivity contribution in [1.29, 1.82) is 0 Å². The summed E-state index contributed by atoms with van der Waals surface area (Å²) in [7, 11) is 21.7. The molecule has 0 heterocycles. The zero-order chi connectivity index (χ0) is 81.5. The molecule has 866 valence electrons. The van der Waals surface area contributed by atoms with Crippen LogP contribution < -0.4 is 20.1 Å². The molecule has 0 unspecified atom stereocenters. The van der Waals surface area contributed by atoms with E-state index in [1.54, 1.807) is 28.2 Å². The summed E-state index contributed by atoms with van der Waals surface area (Å²) in [6.45, 7) is 15.6. The Labute approximate surface area is 1080 Å². The number of hydrogen-bond donors (Lipinski definition) is 5. The minimum atomic E-state index is -1.46. The first-order valence-corrected chi connectivity index (χ1v) is 49.9. The molecule has 0 saturated heterocycles. The van der Waals surface area contributed by atoms with Crippen LogP contribution in [0.5, 0.6) is 0 Å². The summed E-state index contributed by atoms with van der Waals surface area (Å²) >= 11 is 0. The van der Waals surface area contributed by atoms with Crippen LogP contribution in [0.25, 0.3) is 21.7 Å². The molecule has 0 aliphatic heterocycles. The molecular weight excluding hydrogens is 2250 g/mol. The SMILES string of the molecule is CN(O)C(C)(C)C1CCCC1.CN(O)CC1CCCC1.CN(O)[Si](C)(C)C1CCCC1.CN(O)c1ccccc1C1CCCC1.CN(O)c1ccccc1C1CCCC1.C[N-]N(C)CC1CCCC1.C[N-]N(C)[Si](C)(C)C1CCCC1.C[N-]N(C)c1ccccc1C1CCCC1.C[N-]N(C)c1ccccc1C1CCCC1.[CH3-].[CH3-].[CH3-].[CH3-].[CH3-].[CH3-].[CH3-].[CH3-].[CH3-].[CH3-].[CH3-].[CH3-].[CH3-].[CH3-].[CH3-].[CH3-].[CH3-].[CH3-].[CH3-].[CH3-].[CH3-].[CH3-].[CH3-].[CH3-].[CH3-].[CH3-].[CH3-].[Ti+4].[Ti+4].[Ti+4].[Ti+4].[Ti].[Ti].[Ti].[Zr+4].[Zr]. The quantitative estimate of drug-likeness (QED) is 0.0284. The zero-order valence-corrected chi connectivity index (χ0v) is 123. The van der Waals surface area contributed by atoms with Gasteiger partial charge in [-0.2, -0.15) is 24.2 Å². The van der Waals surface area contributed by atoms with Crippen molar-refractivity contribution in [2.75, 3.05) is 125 Å². The third-order valence-corrected chi connectivity index (χ3v) is 35.8. The summed E-state index contributed by atoms with van der Waals surface area (Å²) in [4.78, 5) is 0. The average Bonchev–Trinajstić information content (AvgIpc) is 1.79. The van der Waals surface area contributed by atoms with Crippen molar-refractivity contribution in [2.24, 2.45) is 17.8 Å². The van der Waals surface area contributed by atoms with E-state index in [1.165, 1.54) is 290 Å². The van der Waals surface area contributed by atoms with E-state index in [-0.39, 0.29) is 410 Å². The van der Waals surface area contributed by atoms with Crippen molar-refractivity contribution in [3.63, 3.8) is 0 Å². The minimum absolute atomic E-state index is 0. The van der Waals surface area contributed by atoms with Gasteiger partial charge < -0.3 is 258 Å². The van der Waals surface area contributed by atoms with Gasteiger partial charge in [0.15, 0.2) is 8.24 Å². The molecule has 18 nitrogen and oxygen atoms in total. The van der Waals surface area contributed by atoms with Crippen molar-refractivity contribution >= 4 is 39.2 Å². The monoisotopic (exact) mass is 2500 g/mol. The van der Waals surface area contributed by atoms with E-state index in [1.807, 2.05) is 83.6 Å². The first-order chi connectivity index (χ1) is 53.0. The molecule has 4 aromatic rings. The van der Waals surface area contributed by atoms with Crippen molar-refractivity contribution < 1.29 is 230 Å². The Morgan fingerprint density at radius 3 is 0.701 bits per heavy atom. The van der Waals surface area contributed by atoms with Gasteiger partial charge in [-0.1, -0.05) is 240 Å². The van der Waals surface area contributed by atoms with E-state index < -0.39 is 16.5 Å². The van der Waals surface area contributed by atoms with Gasteiger partial charge in [-0.3, -0.25) is 20.5 Å². The Balaban J connectivity index is -0.0000000328. The van der Waals surface area contributed by atoms with Crippen LogP contribution in [-0.4, -0.2) is 177 Å². The van der Waals surface area contributed by atoms with Crippen LogP contribution in [0.2, 0.25) is 37.3 Å². The summed E-state index contributed by atoms with van der Waals surface area (Å²) < 4.78 is 3.76. The fraction of sp³-hybridized carbons (Fsp3) is 0.568. The van der Waals surface area contributed by atoms with Crippen molar-refractivity contribution in [1.82, 2.24) is 24.5 Å². The number of hydroxylamine groups is 7. The van der Waals surface area contributed by atoms with Crippen LogP contribution in [0.3, 0.4) is 0 Å². The molecule has 0 bridgehead atoms. The Morgan fingerprint density at radius 2 is 0.490 bits per heavy atom. The van der Waals surface area contributed by atoms with E-state index in [4.69, 9.17) is 5.21 Å². The van der Waals surface area contributed by atoms with Gasteiger partial charge in [0.2, 0.25) is 0 Å². The Kier molecular flexibility index (Phi) is 215. The Bertz CT molecular complexity index is 2940. The number of anilines is 4. The minimum Gasteiger partial charge on any atom is -0.605 e. The topological polar surface area (TPSA) is 187 Å². The molecule has 29 heteroatoms. The number of rotatable bonds is 22. The fourth-order valence-corrected chi connectivity index (χ4v) is 24.0. The molecule has 0 spiro atoms. The second kappa shape index (κ2) is 132. The van der Waals surface area contributed by atoms with Crippen LogP contribution in [0, 0.1) is 218 Å². The summed E-state index contributed by atoms with van der Waals surface area (Å²) in [5.41, 5.74) is 28.6. The molecule has 9 saturated carbocycles. The van der Waals surface area contributed by atoms with Crippen molar-refractivity contribution in [3.8, 4) is 0 Å². The van der Waals surface area contributed by atoms with Gasteiger partial charge in [0.25, 0.3) is 0 Å². The maximum atomic E-state index is 9.50. The van der Waals surface area contributed by atoms with E-state index in [0.717, 1.165) is 59.2 Å². The molecular formula is C118H244N13O5Si2Ti7Zr2-11. The third kappa shape index (κ3) is 85.3. The van der Waals surface area contributed by atoms with Crippen LogP contribution in [-0.2, 0) is 204 Å². The van der Waals surface area contributed by atoms with E-state index in [0.29, 0.717) is 17.8 Å². The molecule has 13 rings (SSSR count). The van der Waals surface area contributed by atoms with Crippen LogP contribution in [0.15, 0.2) is 97.1 Å². The van der Waals surface area contributed by atoms with Gasteiger partial charge >= 0.3 is 113 Å². The van der Waals surface area contributed by atoms with Crippen molar-refractivity contribution in [2.45, 2.75) is 311 Å². The van der Waals surface area contributed by atoms with Crippen LogP contribution in [0.4, 0.5) is 22.7 Å². The molecule has 4 aromatic carbocycles. The van der Waals surface area contributed by atoms with Crippen LogP contribution in [0.1, 0.15) is 291 Å². The summed E-state index contributed by atoms with van der Waals surface area (Å²) in [6, 6.07) is 33.6. The van der Waals surface area contributed by atoms with Gasteiger partial charge in [-0.05, 0) is 238 Å². The molecule has 0 amide bonds. The molecule has 147 heavy (non-hydrogen) atoms. The summed E-state index contributed by atoms with van der Waals surface area (Å²) in [5.74, 6) is 5.18. The van der Waals surface area contributed by atoms with Crippen LogP contribution >= 0.6 is 0 Å². The van der Waals surface area contributed by atoms with E-state index in [2.05, 4.69) is 158 Å². The predicted octanol–water partition coefficient (Wildman–Crippen LogP) is 37.1. The predicted molar refractivity (Wildman–Crippen MR) is 651 cm³/mol. The molecule has 9 fully saturated rings. The smallest absolute Gasteiger partial charge is 0.605 e. The van der Waals surface area contributed by atoms with Gasteiger partial charge in [0.1, 0.15) is 8.24 Å². The van der Waals surface area contributed by atoms with Gasteiger partial charge in [-0.15, -0.1) is 14.1 Å². The maximum Gasteiger partial charge on any atom is 4.00 e. The molecule has 0 radical (unpaired) electrons. The Hall–Kier alpha value is 2.72. The normalized spacial score (nSPS) is 14.4. The third-order valence-electron chi connectivity index (χ3n) is 27.1. The van der Waals surface area contributed by atoms with Gasteiger partial charge in [-0.25, -0.2) is 4.73 Å². The average molecular weight is 2500 g/mol. The maximum absolute atomic E-state index is 9.50. The second-order valence-electron chi connectivity index (χ2n) is 35.5. The molecule has 9 aliphatic rings. The standard InChI is InChI=1S/2C13H19N2.2C12H17NO.C9H21N2Si.C9H19NO.C8H17N2.C8H19NOSi.C7H15NO.27CH3.7Ti.2Zr/c2*1-14-15(2)13-10-6-5-9-12(13)11-7-3-4-8-11;2*1-13(14)12-9-5-4-8-11(12)10-6-2-3-7-10;1-10-11(2)12(3,4)9-7-5-6-8-9;1-9(2,10(3)11)8-6-4-5-7-8;1-9-10(2)7-8-5-3-4-6-8;1-9(10)11(2,3)8-6-4-5-7-8;1-8(9)6-7-4-2-3-5-7;;;;;;;;;;;;;;;;;;;;;;;;;;;;;;;;;;;;/h2*5-6,9-11H,3-4,7-8H2,1-2H3;2*4-5,8-10,14H,2-3,6-7H2,1H3;9H,5-8H2,1-4H3;8,11H,4-7H2,1-3H3;8H,3-7H2,1-2H3;8,10H,4-7H2,1-3H3;7,9H,2-6H2,1H3;27*1H3;;;;;;;;;/q2*-1;;;-1;;-1;;;27*-1;;;;4*+4;;+4. The van der Waals surface area contributed by atoms with E-state index >= 15 is 0 Å². The molecule has 0 atom stereocenters. The number of nitrogens with zero attached hydrogens (tertiary/aromatic N) is 13. The number of benzene rings is 4. The largest absolute Gasteiger partial charge is 4.00 e. The van der Waals surface area contributed by atoms with Crippen molar-refractivity contribution in [3.05, 3.63) is 342 Å². The first kappa shape index (κ1) is 239. The summed E-state index contributed by atoms with van der Waals surface area (Å²) in [6.07, 6.45) is 48.7. The molecule has 9 aliphatic carbocycles. The fourth-order valence-electron chi connectivity index (χ4n) is 18.8. The molecule has 5 N–H and O–H groups in total. The zero-order valence-electron chi connectivity index (χ0n) is 105. The molecule has 0 aromatic heterocycles. The summed E-state index contributed by atoms with van der Waals surface area (Å²) in [5, 5.41) is 57.8. The Morgan fingerprint density at radius 1 is 0.286 bits per heavy atom. The number of para-hydroxylation sites is 4.